The van der Waals surface area contributed by atoms with E-state index in [4.69, 9.17) is 5.21 Å². The maximum Gasteiger partial charge on any atom is 0.241 e. The van der Waals surface area contributed by atoms with Crippen LogP contribution in [0.25, 0.3) is 0 Å². The summed E-state index contributed by atoms with van der Waals surface area (Å²) in [6, 6.07) is 11.6. The fourth-order valence-corrected chi connectivity index (χ4v) is 4.32. The number of sulfonamides is 1. The Morgan fingerprint density at radius 3 is 2.27 bits per heavy atom. The van der Waals surface area contributed by atoms with Crippen molar-refractivity contribution in [1.82, 2.24) is 10.2 Å². The maximum atomic E-state index is 12.9. The molecule has 0 aliphatic carbocycles. The van der Waals surface area contributed by atoms with Gasteiger partial charge in [-0.1, -0.05) is 55.3 Å². The molecule has 26 heavy (non-hydrogen) atoms. The summed E-state index contributed by atoms with van der Waals surface area (Å²) < 4.78 is 28.4. The van der Waals surface area contributed by atoms with Crippen LogP contribution in [-0.2, 0) is 16.4 Å². The number of nitrogens with one attached hydrogen (secondary N) is 2. The van der Waals surface area contributed by atoms with Gasteiger partial charge in [0.05, 0.1) is 4.90 Å². The zero-order chi connectivity index (χ0) is 19.3. The molecule has 0 aromatic heterocycles. The lowest BCUT2D eigenvalue weighted by molar-refractivity contribution is 0.000689. The molecule has 0 fully saturated rings. The van der Waals surface area contributed by atoms with Gasteiger partial charge in [-0.15, -0.1) is 0 Å². The van der Waals surface area contributed by atoms with Crippen LogP contribution >= 0.6 is 0 Å². The van der Waals surface area contributed by atoms with Crippen LogP contribution in [-0.4, -0.2) is 18.7 Å². The van der Waals surface area contributed by atoms with Crippen molar-refractivity contribution in [2.75, 3.05) is 0 Å². The molecule has 2 unspecified atom stereocenters. The van der Waals surface area contributed by atoms with E-state index in [9.17, 15) is 13.5 Å². The van der Waals surface area contributed by atoms with E-state index < -0.39 is 22.3 Å². The normalized spacial score (nSPS) is 14.2. The van der Waals surface area contributed by atoms with Gasteiger partial charge in [0.15, 0.2) is 6.23 Å². The molecule has 0 aliphatic rings. The zero-order valence-electron chi connectivity index (χ0n) is 15.2. The van der Waals surface area contributed by atoms with Gasteiger partial charge in [0.2, 0.25) is 10.0 Å². The highest BCUT2D eigenvalue weighted by molar-refractivity contribution is 7.89. The second-order valence-electron chi connectivity index (χ2n) is 6.40. The molecule has 4 N–H and O–H groups in total. The summed E-state index contributed by atoms with van der Waals surface area (Å²) in [6.07, 6.45) is 0.386. The van der Waals surface area contributed by atoms with Crippen LogP contribution in [0, 0.1) is 6.92 Å². The minimum atomic E-state index is -3.66. The van der Waals surface area contributed by atoms with Crippen molar-refractivity contribution in [3.63, 3.8) is 0 Å². The van der Waals surface area contributed by atoms with E-state index in [-0.39, 0.29) is 0 Å². The Hall–Kier alpha value is -1.77. The van der Waals surface area contributed by atoms with Crippen LogP contribution in [0.15, 0.2) is 47.4 Å². The molecule has 6 nitrogen and oxygen atoms in total. The monoisotopic (exact) mass is 378 g/mol. The van der Waals surface area contributed by atoms with Crippen molar-refractivity contribution in [3.05, 3.63) is 64.7 Å². The first kappa shape index (κ1) is 20.5. The van der Waals surface area contributed by atoms with Gasteiger partial charge in [-0.3, -0.25) is 0 Å². The lowest BCUT2D eigenvalue weighted by Gasteiger charge is -2.18. The molecule has 0 saturated carbocycles. The molecule has 0 amide bonds. The minimum Gasteiger partial charge on any atom is -0.372 e. The standard InChI is InChI=1S/C19H26N2O4S/c1-4-5-17-12-13(2)6-11-18(17)26(24,25)21-14(3)15-7-9-16(10-8-15)19(22)20-23/h6-12,14,19-23H,4-5H2,1-3H3. The second kappa shape index (κ2) is 8.75. The van der Waals surface area contributed by atoms with Gasteiger partial charge in [0.1, 0.15) is 0 Å². The van der Waals surface area contributed by atoms with Crippen LogP contribution in [0.3, 0.4) is 0 Å². The predicted molar refractivity (Wildman–Crippen MR) is 100 cm³/mol. The van der Waals surface area contributed by atoms with Gasteiger partial charge in [0, 0.05) is 6.04 Å². The van der Waals surface area contributed by atoms with Gasteiger partial charge in [-0.2, -0.15) is 5.48 Å². The van der Waals surface area contributed by atoms with Crippen LogP contribution in [0.5, 0.6) is 0 Å². The van der Waals surface area contributed by atoms with E-state index in [0.717, 1.165) is 23.1 Å². The Labute approximate surface area is 154 Å². The highest BCUT2D eigenvalue weighted by Crippen LogP contribution is 2.23. The summed E-state index contributed by atoms with van der Waals surface area (Å²) in [5.41, 5.74) is 4.85. The first-order valence-corrected chi connectivity index (χ1v) is 10.1. The van der Waals surface area contributed by atoms with E-state index in [1.807, 2.05) is 19.9 Å². The molecular formula is C19H26N2O4S. The molecule has 7 heteroatoms. The summed E-state index contributed by atoms with van der Waals surface area (Å²) in [5.74, 6) is 0. The molecule has 0 heterocycles. The summed E-state index contributed by atoms with van der Waals surface area (Å²) >= 11 is 0. The van der Waals surface area contributed by atoms with Crippen molar-refractivity contribution in [2.45, 2.75) is 50.8 Å². The summed E-state index contributed by atoms with van der Waals surface area (Å²) in [4.78, 5) is 0.313. The molecule has 2 aromatic carbocycles. The van der Waals surface area contributed by atoms with E-state index in [1.165, 1.54) is 0 Å². The molecule has 0 spiro atoms. The highest BCUT2D eigenvalue weighted by atomic mass is 32.2. The van der Waals surface area contributed by atoms with Crippen molar-refractivity contribution in [1.29, 1.82) is 0 Å². The zero-order valence-corrected chi connectivity index (χ0v) is 16.0. The van der Waals surface area contributed by atoms with Gasteiger partial charge in [-0.05, 0) is 43.0 Å². The van der Waals surface area contributed by atoms with Crippen molar-refractivity contribution in [2.24, 2.45) is 0 Å². The van der Waals surface area contributed by atoms with Gasteiger partial charge in [0.25, 0.3) is 0 Å². The fourth-order valence-electron chi connectivity index (χ4n) is 2.84. The Morgan fingerprint density at radius 1 is 1.08 bits per heavy atom. The molecule has 0 saturated heterocycles. The number of hydrogen-bond donors (Lipinski definition) is 4. The molecule has 0 bridgehead atoms. The van der Waals surface area contributed by atoms with Crippen LogP contribution in [0.2, 0.25) is 0 Å². The topological polar surface area (TPSA) is 98.7 Å². The predicted octanol–water partition coefficient (Wildman–Crippen LogP) is 2.96. The molecule has 2 atom stereocenters. The molecular weight excluding hydrogens is 352 g/mol. The number of hydroxylamine groups is 1. The average molecular weight is 378 g/mol. The third-order valence-corrected chi connectivity index (χ3v) is 5.87. The fraction of sp³-hybridized carbons (Fsp3) is 0.368. The van der Waals surface area contributed by atoms with Gasteiger partial charge in [-0.25, -0.2) is 13.1 Å². The molecule has 2 aromatic rings. The summed E-state index contributed by atoms with van der Waals surface area (Å²) in [7, 11) is -3.66. The van der Waals surface area contributed by atoms with E-state index >= 15 is 0 Å². The maximum absolute atomic E-state index is 12.9. The Morgan fingerprint density at radius 2 is 1.69 bits per heavy atom. The SMILES string of the molecule is CCCc1cc(C)ccc1S(=O)(=O)NC(C)c1ccc(C(O)NO)cc1. The van der Waals surface area contributed by atoms with E-state index in [2.05, 4.69) is 4.72 Å². The Balaban J connectivity index is 2.23. The largest absolute Gasteiger partial charge is 0.372 e. The second-order valence-corrected chi connectivity index (χ2v) is 8.08. The van der Waals surface area contributed by atoms with E-state index in [0.29, 0.717) is 16.9 Å². The van der Waals surface area contributed by atoms with Gasteiger partial charge < -0.3 is 10.3 Å². The smallest absolute Gasteiger partial charge is 0.241 e. The quantitative estimate of drug-likeness (QED) is 0.418. The molecule has 2 rings (SSSR count). The first-order chi connectivity index (χ1) is 12.3. The van der Waals surface area contributed by atoms with Crippen molar-refractivity contribution in [3.8, 4) is 0 Å². The number of aliphatic hydroxyl groups is 1. The average Bonchev–Trinajstić information content (AvgIpc) is 2.61. The van der Waals surface area contributed by atoms with Crippen LogP contribution in [0.4, 0.5) is 0 Å². The van der Waals surface area contributed by atoms with Crippen molar-refractivity contribution >= 4 is 10.0 Å². The molecule has 142 valence electrons. The number of aliphatic hydroxyl groups excluding tert-OH is 1. The van der Waals surface area contributed by atoms with Crippen LogP contribution in [0.1, 0.15) is 54.8 Å². The molecule has 0 aliphatic heterocycles. The highest BCUT2D eigenvalue weighted by Gasteiger charge is 2.21. The third kappa shape index (κ3) is 4.90. The number of benzene rings is 2. The number of rotatable bonds is 8. The number of hydrogen-bond acceptors (Lipinski definition) is 5. The Kier molecular flexibility index (Phi) is 6.91. The van der Waals surface area contributed by atoms with Gasteiger partial charge >= 0.3 is 0 Å². The third-order valence-electron chi connectivity index (χ3n) is 4.23. The minimum absolute atomic E-state index is 0.313. The summed E-state index contributed by atoms with van der Waals surface area (Å²) in [6.45, 7) is 5.73. The lowest BCUT2D eigenvalue weighted by atomic mass is 10.1. The van der Waals surface area contributed by atoms with E-state index in [1.54, 1.807) is 48.8 Å². The van der Waals surface area contributed by atoms with Crippen LogP contribution < -0.4 is 10.2 Å². The molecule has 0 radical (unpaired) electrons. The summed E-state index contributed by atoms with van der Waals surface area (Å²) in [5, 5.41) is 18.3. The Bertz CT molecular complexity index is 835. The van der Waals surface area contributed by atoms with Crippen molar-refractivity contribution < 1.29 is 18.7 Å². The first-order valence-electron chi connectivity index (χ1n) is 8.58. The number of aryl methyl sites for hydroxylation is 2. The lowest BCUT2D eigenvalue weighted by Crippen LogP contribution is -2.28.